The molecule has 0 amide bonds. The zero-order valence-electron chi connectivity index (χ0n) is 7.43. The minimum atomic E-state index is -2.68. The summed E-state index contributed by atoms with van der Waals surface area (Å²) in [6.45, 7) is -0.0314. The number of halogens is 3. The average molecular weight is 223 g/mol. The highest BCUT2D eigenvalue weighted by Crippen LogP contribution is 2.34. The molecule has 0 radical (unpaired) electrons. The Morgan fingerprint density at radius 2 is 2.29 bits per heavy atom. The number of nitrogens with two attached hydrogens (primary N) is 1. The van der Waals surface area contributed by atoms with Crippen LogP contribution in [-0.4, -0.2) is 12.1 Å². The number of alkyl halides is 2. The van der Waals surface area contributed by atoms with Gasteiger partial charge in [-0.3, -0.25) is 0 Å². The number of hydrogen-bond donors (Lipinski definition) is 1. The first-order valence-corrected chi connectivity index (χ1v) is 4.19. The standard InChI is InChI=1S/C8H9ClF2N2O/c1-14-8-6(9)5(7(10)11)4(2-12)3-13-8/h3,7H,2,12H2,1H3. The minimum absolute atomic E-state index is 0.0147. The first-order chi connectivity index (χ1) is 6.61. The lowest BCUT2D eigenvalue weighted by molar-refractivity contribution is 0.149. The second kappa shape index (κ2) is 4.52. The molecule has 0 aromatic carbocycles. The van der Waals surface area contributed by atoms with E-state index < -0.39 is 6.43 Å². The Bertz CT molecular complexity index is 333. The van der Waals surface area contributed by atoms with Gasteiger partial charge < -0.3 is 10.5 Å². The summed E-state index contributed by atoms with van der Waals surface area (Å²) in [5, 5.41) is -0.176. The topological polar surface area (TPSA) is 48.1 Å². The third kappa shape index (κ3) is 1.93. The Hall–Kier alpha value is -0.940. The van der Waals surface area contributed by atoms with Gasteiger partial charge in [0.05, 0.1) is 7.11 Å². The second-order valence-corrected chi connectivity index (χ2v) is 2.90. The van der Waals surface area contributed by atoms with Crippen molar-refractivity contribution in [2.45, 2.75) is 13.0 Å². The van der Waals surface area contributed by atoms with Crippen LogP contribution in [0, 0.1) is 0 Å². The van der Waals surface area contributed by atoms with Gasteiger partial charge in [0.2, 0.25) is 5.88 Å². The van der Waals surface area contributed by atoms with Crippen LogP contribution in [0.15, 0.2) is 6.20 Å². The van der Waals surface area contributed by atoms with Gasteiger partial charge in [-0.25, -0.2) is 13.8 Å². The summed E-state index contributed by atoms with van der Waals surface area (Å²) >= 11 is 5.66. The zero-order chi connectivity index (χ0) is 10.7. The highest BCUT2D eigenvalue weighted by molar-refractivity contribution is 6.32. The third-order valence-corrected chi connectivity index (χ3v) is 2.10. The molecule has 0 saturated heterocycles. The fraction of sp³-hybridized carbons (Fsp3) is 0.375. The first kappa shape index (κ1) is 11.1. The summed E-state index contributed by atoms with van der Waals surface area (Å²) in [5.74, 6) is -0.0147. The van der Waals surface area contributed by atoms with Crippen molar-refractivity contribution in [2.24, 2.45) is 5.73 Å². The van der Waals surface area contributed by atoms with Crippen molar-refractivity contribution in [1.29, 1.82) is 0 Å². The molecule has 14 heavy (non-hydrogen) atoms. The fourth-order valence-corrected chi connectivity index (χ4v) is 1.39. The van der Waals surface area contributed by atoms with Crippen LogP contribution in [0.4, 0.5) is 8.78 Å². The second-order valence-electron chi connectivity index (χ2n) is 2.53. The van der Waals surface area contributed by atoms with Crippen LogP contribution < -0.4 is 10.5 Å². The summed E-state index contributed by atoms with van der Waals surface area (Å²) in [4.78, 5) is 3.74. The number of nitrogens with zero attached hydrogens (tertiary/aromatic N) is 1. The van der Waals surface area contributed by atoms with Crippen molar-refractivity contribution in [1.82, 2.24) is 4.98 Å². The summed E-state index contributed by atoms with van der Waals surface area (Å²) in [6.07, 6.45) is -1.44. The molecule has 0 aliphatic heterocycles. The van der Waals surface area contributed by atoms with Crippen LogP contribution >= 0.6 is 11.6 Å². The van der Waals surface area contributed by atoms with E-state index in [0.29, 0.717) is 0 Å². The molecule has 1 heterocycles. The van der Waals surface area contributed by atoms with Crippen molar-refractivity contribution >= 4 is 11.6 Å². The molecule has 0 spiro atoms. The van der Waals surface area contributed by atoms with Crippen LogP contribution in [0.25, 0.3) is 0 Å². The average Bonchev–Trinajstić information content (AvgIpc) is 2.16. The summed E-state index contributed by atoms with van der Waals surface area (Å²) in [5.41, 5.74) is 5.20. The fourth-order valence-electron chi connectivity index (χ4n) is 1.06. The molecule has 0 atom stereocenters. The van der Waals surface area contributed by atoms with Gasteiger partial charge in [0.1, 0.15) is 5.02 Å². The molecule has 3 nitrogen and oxygen atoms in total. The van der Waals surface area contributed by atoms with Gasteiger partial charge in [-0.15, -0.1) is 0 Å². The molecular formula is C8H9ClF2N2O. The maximum absolute atomic E-state index is 12.6. The molecule has 0 fully saturated rings. The maximum Gasteiger partial charge on any atom is 0.265 e. The monoisotopic (exact) mass is 222 g/mol. The summed E-state index contributed by atoms with van der Waals surface area (Å²) in [7, 11) is 1.31. The minimum Gasteiger partial charge on any atom is -0.480 e. The number of rotatable bonds is 3. The van der Waals surface area contributed by atoms with Gasteiger partial charge in [0.25, 0.3) is 6.43 Å². The number of aromatic nitrogens is 1. The van der Waals surface area contributed by atoms with Crippen molar-refractivity contribution in [3.63, 3.8) is 0 Å². The Morgan fingerprint density at radius 3 is 2.71 bits per heavy atom. The Balaban J connectivity index is 3.31. The normalized spacial score (nSPS) is 10.7. The van der Waals surface area contributed by atoms with E-state index in [1.807, 2.05) is 0 Å². The molecule has 78 valence electrons. The van der Waals surface area contributed by atoms with Gasteiger partial charge in [0, 0.05) is 18.3 Å². The van der Waals surface area contributed by atoms with E-state index >= 15 is 0 Å². The highest BCUT2D eigenvalue weighted by Gasteiger charge is 2.20. The Morgan fingerprint density at radius 1 is 1.64 bits per heavy atom. The summed E-state index contributed by atoms with van der Waals surface area (Å²) in [6, 6.07) is 0. The predicted molar refractivity (Wildman–Crippen MR) is 48.6 cm³/mol. The van der Waals surface area contributed by atoms with Crippen LogP contribution in [-0.2, 0) is 6.54 Å². The SMILES string of the molecule is COc1ncc(CN)c(C(F)F)c1Cl. The lowest BCUT2D eigenvalue weighted by Gasteiger charge is -2.10. The smallest absolute Gasteiger partial charge is 0.265 e. The molecule has 1 aromatic heterocycles. The van der Waals surface area contributed by atoms with Gasteiger partial charge in [-0.1, -0.05) is 11.6 Å². The zero-order valence-corrected chi connectivity index (χ0v) is 8.18. The number of ether oxygens (including phenoxy) is 1. The molecule has 0 unspecified atom stereocenters. The van der Waals surface area contributed by atoms with Gasteiger partial charge in [0.15, 0.2) is 0 Å². The van der Waals surface area contributed by atoms with E-state index in [9.17, 15) is 8.78 Å². The lowest BCUT2D eigenvalue weighted by atomic mass is 10.1. The molecule has 0 aliphatic rings. The van der Waals surface area contributed by atoms with Crippen molar-refractivity contribution in [3.8, 4) is 5.88 Å². The van der Waals surface area contributed by atoms with Crippen molar-refractivity contribution in [3.05, 3.63) is 22.3 Å². The van der Waals surface area contributed by atoms with E-state index in [1.54, 1.807) is 0 Å². The van der Waals surface area contributed by atoms with Crippen LogP contribution in [0.1, 0.15) is 17.6 Å². The van der Waals surface area contributed by atoms with Crippen LogP contribution in [0.5, 0.6) is 5.88 Å². The molecule has 0 aliphatic carbocycles. The van der Waals surface area contributed by atoms with Gasteiger partial charge in [-0.05, 0) is 5.56 Å². The van der Waals surface area contributed by atoms with Crippen LogP contribution in [0.3, 0.4) is 0 Å². The van der Waals surface area contributed by atoms with Crippen molar-refractivity contribution in [2.75, 3.05) is 7.11 Å². The Labute approximate surface area is 84.8 Å². The molecule has 1 rings (SSSR count). The van der Waals surface area contributed by atoms with Crippen molar-refractivity contribution < 1.29 is 13.5 Å². The summed E-state index contributed by atoms with van der Waals surface area (Å²) < 4.78 is 29.9. The highest BCUT2D eigenvalue weighted by atomic mass is 35.5. The Kier molecular flexibility index (Phi) is 3.60. The molecule has 0 saturated carbocycles. The number of hydrogen-bond acceptors (Lipinski definition) is 3. The van der Waals surface area contributed by atoms with E-state index in [2.05, 4.69) is 4.98 Å². The van der Waals surface area contributed by atoms with E-state index in [1.165, 1.54) is 13.3 Å². The first-order valence-electron chi connectivity index (χ1n) is 3.81. The van der Waals surface area contributed by atoms with E-state index in [4.69, 9.17) is 22.1 Å². The van der Waals surface area contributed by atoms with Crippen LogP contribution in [0.2, 0.25) is 5.02 Å². The largest absolute Gasteiger partial charge is 0.480 e. The number of methoxy groups -OCH3 is 1. The van der Waals surface area contributed by atoms with E-state index in [0.717, 1.165) is 0 Å². The van der Waals surface area contributed by atoms with Gasteiger partial charge >= 0.3 is 0 Å². The maximum atomic E-state index is 12.6. The quantitative estimate of drug-likeness (QED) is 0.853. The molecule has 6 heteroatoms. The van der Waals surface area contributed by atoms with E-state index in [-0.39, 0.29) is 28.6 Å². The third-order valence-electron chi connectivity index (χ3n) is 1.74. The molecule has 2 N–H and O–H groups in total. The van der Waals surface area contributed by atoms with Gasteiger partial charge in [-0.2, -0.15) is 0 Å². The molecule has 1 aromatic rings. The molecular weight excluding hydrogens is 214 g/mol. The lowest BCUT2D eigenvalue weighted by Crippen LogP contribution is -2.05. The predicted octanol–water partition coefficient (Wildman–Crippen LogP) is 2.14. The molecule has 0 bridgehead atoms. The number of pyridine rings is 1.